The number of likely N-dealkylation sites (tertiary alicyclic amines) is 1. The zero-order valence-corrected chi connectivity index (χ0v) is 24.3. The van der Waals surface area contributed by atoms with Gasteiger partial charge in [-0.3, -0.25) is 24.6 Å². The van der Waals surface area contributed by atoms with Crippen LogP contribution in [0.5, 0.6) is 0 Å². The third-order valence-corrected chi connectivity index (χ3v) is 8.97. The summed E-state index contributed by atoms with van der Waals surface area (Å²) in [5, 5.41) is 11.5. The van der Waals surface area contributed by atoms with Gasteiger partial charge in [0.1, 0.15) is 5.69 Å². The van der Waals surface area contributed by atoms with Crippen molar-refractivity contribution in [2.75, 3.05) is 56.0 Å². The Morgan fingerprint density at radius 2 is 1.81 bits per heavy atom. The second-order valence-corrected chi connectivity index (χ2v) is 11.8. The minimum atomic E-state index is -0.157. The van der Waals surface area contributed by atoms with Gasteiger partial charge < -0.3 is 15.1 Å². The maximum Gasteiger partial charge on any atom is 0.236 e. The SMILES string of the molecule is O=C(Nc1ccc2[nH]nc(-c3cncs3)c2c1)[C@@H]1CCN(CC(=O)N2CCN(c3ccc(-c4ncccn4)cc3)CC2)C1. The normalized spacial score (nSPS) is 17.4. The Bertz CT molecular complexity index is 1720. The third kappa shape index (κ3) is 5.84. The van der Waals surface area contributed by atoms with Gasteiger partial charge >= 0.3 is 0 Å². The van der Waals surface area contributed by atoms with Gasteiger partial charge in [0, 0.05) is 73.6 Å². The van der Waals surface area contributed by atoms with E-state index >= 15 is 0 Å². The molecule has 1 atom stereocenters. The number of benzene rings is 2. The van der Waals surface area contributed by atoms with Gasteiger partial charge in [0.05, 0.1) is 28.4 Å². The Kier molecular flexibility index (Phi) is 7.52. The molecule has 0 saturated carbocycles. The molecule has 2 aliphatic heterocycles. The molecular weight excluding hydrogens is 562 g/mol. The summed E-state index contributed by atoms with van der Waals surface area (Å²) in [7, 11) is 0. The summed E-state index contributed by atoms with van der Waals surface area (Å²) in [5.41, 5.74) is 6.36. The first kappa shape index (κ1) is 27.2. The summed E-state index contributed by atoms with van der Waals surface area (Å²) in [6.07, 6.45) is 6.01. The molecule has 218 valence electrons. The molecule has 12 heteroatoms. The molecule has 5 heterocycles. The minimum absolute atomic E-state index is 0.0180. The molecule has 0 unspecified atom stereocenters. The number of hydrogen-bond acceptors (Lipinski definition) is 9. The Balaban J connectivity index is 0.894. The number of aromatic amines is 1. The molecule has 2 amide bonds. The van der Waals surface area contributed by atoms with Crippen LogP contribution >= 0.6 is 11.3 Å². The average molecular weight is 594 g/mol. The molecule has 0 aliphatic carbocycles. The van der Waals surface area contributed by atoms with Crippen molar-refractivity contribution in [1.29, 1.82) is 0 Å². The van der Waals surface area contributed by atoms with Crippen LogP contribution in [-0.2, 0) is 9.59 Å². The number of anilines is 2. The summed E-state index contributed by atoms with van der Waals surface area (Å²) in [6, 6.07) is 15.8. The smallest absolute Gasteiger partial charge is 0.236 e. The van der Waals surface area contributed by atoms with Gasteiger partial charge in [-0.15, -0.1) is 11.3 Å². The molecule has 5 aromatic rings. The van der Waals surface area contributed by atoms with Crippen LogP contribution in [0.4, 0.5) is 11.4 Å². The fraction of sp³-hybridized carbons (Fsp3) is 0.290. The van der Waals surface area contributed by atoms with E-state index in [9.17, 15) is 9.59 Å². The summed E-state index contributed by atoms with van der Waals surface area (Å²) in [6.45, 7) is 4.58. The van der Waals surface area contributed by atoms with Gasteiger partial charge in [-0.05, 0) is 61.5 Å². The zero-order chi connectivity index (χ0) is 29.2. The monoisotopic (exact) mass is 593 g/mol. The quantitative estimate of drug-likeness (QED) is 0.293. The Morgan fingerprint density at radius 3 is 2.58 bits per heavy atom. The van der Waals surface area contributed by atoms with E-state index in [1.807, 2.05) is 41.3 Å². The van der Waals surface area contributed by atoms with Crippen LogP contribution < -0.4 is 10.2 Å². The van der Waals surface area contributed by atoms with Gasteiger partial charge in [0.25, 0.3) is 0 Å². The lowest BCUT2D eigenvalue weighted by Crippen LogP contribution is -2.51. The molecule has 0 radical (unpaired) electrons. The van der Waals surface area contributed by atoms with Crippen LogP contribution in [0.3, 0.4) is 0 Å². The van der Waals surface area contributed by atoms with Gasteiger partial charge in [-0.1, -0.05) is 0 Å². The number of nitrogens with one attached hydrogen (secondary N) is 2. The summed E-state index contributed by atoms with van der Waals surface area (Å²) in [5.74, 6) is 0.659. The molecule has 2 saturated heterocycles. The van der Waals surface area contributed by atoms with Crippen molar-refractivity contribution in [3.05, 3.63) is 72.6 Å². The Hall–Kier alpha value is -4.68. The number of fused-ring (bicyclic) bond motifs is 1. The van der Waals surface area contributed by atoms with E-state index in [2.05, 4.69) is 52.4 Å². The molecule has 2 aromatic carbocycles. The maximum atomic E-state index is 13.1. The van der Waals surface area contributed by atoms with Crippen LogP contribution in [0, 0.1) is 5.92 Å². The number of piperazine rings is 1. The molecule has 0 bridgehead atoms. The highest BCUT2D eigenvalue weighted by molar-refractivity contribution is 7.13. The van der Waals surface area contributed by atoms with Crippen LogP contribution in [0.1, 0.15) is 6.42 Å². The number of carbonyl (C=O) groups is 2. The molecule has 11 nitrogen and oxygen atoms in total. The van der Waals surface area contributed by atoms with Crippen LogP contribution in [0.15, 0.2) is 72.6 Å². The fourth-order valence-corrected chi connectivity index (χ4v) is 6.45. The van der Waals surface area contributed by atoms with E-state index in [-0.39, 0.29) is 17.7 Å². The highest BCUT2D eigenvalue weighted by atomic mass is 32.1. The lowest BCUT2D eigenvalue weighted by molar-refractivity contribution is -0.132. The number of carbonyl (C=O) groups excluding carboxylic acids is 2. The van der Waals surface area contributed by atoms with Crippen molar-refractivity contribution in [2.24, 2.45) is 5.92 Å². The van der Waals surface area contributed by atoms with Crippen molar-refractivity contribution in [1.82, 2.24) is 34.9 Å². The van der Waals surface area contributed by atoms with Crippen molar-refractivity contribution in [2.45, 2.75) is 6.42 Å². The van der Waals surface area contributed by atoms with Crippen molar-refractivity contribution in [3.8, 4) is 22.0 Å². The lowest BCUT2D eigenvalue weighted by atomic mass is 10.1. The van der Waals surface area contributed by atoms with Crippen molar-refractivity contribution in [3.63, 3.8) is 0 Å². The first-order valence-corrected chi connectivity index (χ1v) is 15.3. The number of hydrogen-bond donors (Lipinski definition) is 2. The second kappa shape index (κ2) is 11.9. The number of H-pyrrole nitrogens is 1. The van der Waals surface area contributed by atoms with Gasteiger partial charge in [-0.25, -0.2) is 9.97 Å². The van der Waals surface area contributed by atoms with E-state index in [0.29, 0.717) is 32.0 Å². The van der Waals surface area contributed by atoms with Gasteiger partial charge in [0.15, 0.2) is 5.82 Å². The molecule has 3 aromatic heterocycles. The molecule has 0 spiro atoms. The van der Waals surface area contributed by atoms with E-state index < -0.39 is 0 Å². The van der Waals surface area contributed by atoms with Gasteiger partial charge in [0.2, 0.25) is 11.8 Å². The molecular formula is C31H31N9O2S. The number of aromatic nitrogens is 5. The average Bonchev–Trinajstić information content (AvgIpc) is 3.83. The highest BCUT2D eigenvalue weighted by Gasteiger charge is 2.31. The summed E-state index contributed by atoms with van der Waals surface area (Å²) in [4.78, 5) is 46.4. The number of rotatable bonds is 7. The first-order chi connectivity index (χ1) is 21.1. The molecule has 7 rings (SSSR count). The zero-order valence-electron chi connectivity index (χ0n) is 23.5. The van der Waals surface area contributed by atoms with Gasteiger partial charge in [-0.2, -0.15) is 5.10 Å². The predicted molar refractivity (Wildman–Crippen MR) is 167 cm³/mol. The molecule has 2 aliphatic rings. The highest BCUT2D eigenvalue weighted by Crippen LogP contribution is 2.31. The molecule has 2 fully saturated rings. The molecule has 2 N–H and O–H groups in total. The number of thiazole rings is 1. The van der Waals surface area contributed by atoms with E-state index in [4.69, 9.17) is 0 Å². The summed E-state index contributed by atoms with van der Waals surface area (Å²) >= 11 is 1.53. The standard InChI is InChI=1S/C31H31N9O2S/c41-28(40-14-12-39(13-15-40)24-5-2-21(3-6-24)30-33-9-1-10-34-30)19-38-11-8-22(18-38)31(42)35-23-4-7-26-25(16-23)29(37-36-26)27-17-32-20-43-27/h1-7,9-10,16-17,20,22H,8,11-15,18-19H2,(H,35,42)(H,36,37)/t22-/m1/s1. The minimum Gasteiger partial charge on any atom is -0.368 e. The van der Waals surface area contributed by atoms with Crippen LogP contribution in [-0.4, -0.2) is 92.6 Å². The number of amides is 2. The van der Waals surface area contributed by atoms with Crippen LogP contribution in [0.25, 0.3) is 32.9 Å². The second-order valence-electron chi connectivity index (χ2n) is 10.9. The van der Waals surface area contributed by atoms with E-state index in [0.717, 1.165) is 64.5 Å². The molecule has 43 heavy (non-hydrogen) atoms. The van der Waals surface area contributed by atoms with Crippen molar-refractivity contribution >= 4 is 45.4 Å². The van der Waals surface area contributed by atoms with Crippen LogP contribution in [0.2, 0.25) is 0 Å². The third-order valence-electron chi connectivity index (χ3n) is 8.19. The topological polar surface area (TPSA) is 123 Å². The predicted octanol–water partition coefficient (Wildman–Crippen LogP) is 3.75. The maximum absolute atomic E-state index is 13.1. The first-order valence-electron chi connectivity index (χ1n) is 14.4. The van der Waals surface area contributed by atoms with E-state index in [1.54, 1.807) is 24.1 Å². The summed E-state index contributed by atoms with van der Waals surface area (Å²) < 4.78 is 0. The fourth-order valence-electron chi connectivity index (χ4n) is 5.82. The number of nitrogens with zero attached hydrogens (tertiary/aromatic N) is 7. The largest absolute Gasteiger partial charge is 0.368 e. The van der Waals surface area contributed by atoms with Crippen molar-refractivity contribution < 1.29 is 9.59 Å². The Morgan fingerprint density at radius 1 is 1.00 bits per heavy atom. The Labute approximate surface area is 252 Å². The van der Waals surface area contributed by atoms with E-state index in [1.165, 1.54) is 11.3 Å². The lowest BCUT2D eigenvalue weighted by Gasteiger charge is -2.36.